The molecule has 0 unspecified atom stereocenters. The molecule has 1 saturated heterocycles. The second-order valence-corrected chi connectivity index (χ2v) is 6.43. The number of ether oxygens (including phenoxy) is 3. The monoisotopic (exact) mass is 390 g/mol. The predicted octanol–water partition coefficient (Wildman–Crippen LogP) is 2.72. The van der Waals surface area contributed by atoms with E-state index in [2.05, 4.69) is 5.32 Å². The first-order valence-corrected chi connectivity index (χ1v) is 8.65. The lowest BCUT2D eigenvalue weighted by molar-refractivity contribution is -0.148. The lowest BCUT2D eigenvalue weighted by Crippen LogP contribution is -2.42. The summed E-state index contributed by atoms with van der Waals surface area (Å²) in [6.45, 7) is 0.268. The number of alkyl halides is 3. The first-order valence-electron chi connectivity index (χ1n) is 8.65. The summed E-state index contributed by atoms with van der Waals surface area (Å²) in [5.74, 6) is 0.862. The molecule has 0 spiro atoms. The lowest BCUT2D eigenvalue weighted by Gasteiger charge is -2.32. The van der Waals surface area contributed by atoms with E-state index in [0.717, 1.165) is 0 Å². The summed E-state index contributed by atoms with van der Waals surface area (Å²) < 4.78 is 53.1. The SMILES string of the molecule is COc1ccc(C(=O)NCC2CCN(CC(F)(F)F)CC2)c(OC)c1OC. The van der Waals surface area contributed by atoms with Crippen LogP contribution in [0.3, 0.4) is 0 Å². The van der Waals surface area contributed by atoms with Gasteiger partial charge in [-0.2, -0.15) is 13.2 Å². The van der Waals surface area contributed by atoms with E-state index in [0.29, 0.717) is 49.5 Å². The molecule has 2 rings (SSSR count). The quantitative estimate of drug-likeness (QED) is 0.776. The highest BCUT2D eigenvalue weighted by atomic mass is 19.4. The van der Waals surface area contributed by atoms with Crippen LogP contribution in [0, 0.1) is 5.92 Å². The Morgan fingerprint density at radius 2 is 1.74 bits per heavy atom. The van der Waals surface area contributed by atoms with Crippen LogP contribution in [-0.4, -0.2) is 64.5 Å². The maximum atomic E-state index is 12.5. The molecule has 27 heavy (non-hydrogen) atoms. The molecule has 1 N–H and O–H groups in total. The molecular formula is C18H25F3N2O4. The fraction of sp³-hybridized carbons (Fsp3) is 0.611. The zero-order valence-electron chi connectivity index (χ0n) is 15.7. The Hall–Kier alpha value is -2.16. The van der Waals surface area contributed by atoms with Gasteiger partial charge < -0.3 is 19.5 Å². The molecule has 1 heterocycles. The first kappa shape index (κ1) is 21.1. The Morgan fingerprint density at radius 1 is 1.11 bits per heavy atom. The van der Waals surface area contributed by atoms with Gasteiger partial charge in [-0.15, -0.1) is 0 Å². The van der Waals surface area contributed by atoms with Gasteiger partial charge in [-0.25, -0.2) is 0 Å². The molecule has 0 bridgehead atoms. The summed E-state index contributed by atoms with van der Waals surface area (Å²) in [4.78, 5) is 13.9. The van der Waals surface area contributed by atoms with Crippen LogP contribution in [0.2, 0.25) is 0 Å². The molecule has 1 aliphatic heterocycles. The summed E-state index contributed by atoms with van der Waals surface area (Å²) in [6, 6.07) is 3.20. The standard InChI is InChI=1S/C18H25F3N2O4/c1-25-14-5-4-13(15(26-2)16(14)27-3)17(24)22-10-12-6-8-23(9-7-12)11-18(19,20)21/h4-5,12H,6-11H2,1-3H3,(H,22,24). The number of amides is 1. The Balaban J connectivity index is 1.93. The third-order valence-corrected chi connectivity index (χ3v) is 4.61. The second kappa shape index (κ2) is 9.16. The van der Waals surface area contributed by atoms with Gasteiger partial charge in [-0.1, -0.05) is 0 Å². The molecule has 1 amide bonds. The normalized spacial score (nSPS) is 16.1. The smallest absolute Gasteiger partial charge is 0.401 e. The van der Waals surface area contributed by atoms with E-state index in [4.69, 9.17) is 14.2 Å². The number of carbonyl (C=O) groups excluding carboxylic acids is 1. The molecule has 152 valence electrons. The summed E-state index contributed by atoms with van der Waals surface area (Å²) in [6.07, 6.45) is -2.95. The van der Waals surface area contributed by atoms with Crippen LogP contribution in [0.4, 0.5) is 13.2 Å². The van der Waals surface area contributed by atoms with E-state index in [1.807, 2.05) is 0 Å². The summed E-state index contributed by atoms with van der Waals surface area (Å²) >= 11 is 0. The van der Waals surface area contributed by atoms with Gasteiger partial charge >= 0.3 is 6.18 Å². The summed E-state index contributed by atoms with van der Waals surface area (Å²) in [7, 11) is 4.38. The highest BCUT2D eigenvalue weighted by molar-refractivity contribution is 5.98. The Labute approximate surface area is 156 Å². The predicted molar refractivity (Wildman–Crippen MR) is 93.7 cm³/mol. The van der Waals surface area contributed by atoms with Crippen LogP contribution in [0.5, 0.6) is 17.2 Å². The zero-order chi connectivity index (χ0) is 20.0. The fourth-order valence-electron chi connectivity index (χ4n) is 3.21. The minimum Gasteiger partial charge on any atom is -0.493 e. The number of halogens is 3. The molecule has 0 aromatic heterocycles. The maximum Gasteiger partial charge on any atom is 0.401 e. The number of hydrogen-bond acceptors (Lipinski definition) is 5. The van der Waals surface area contributed by atoms with Crippen molar-refractivity contribution in [3.05, 3.63) is 17.7 Å². The maximum absolute atomic E-state index is 12.5. The molecule has 6 nitrogen and oxygen atoms in total. The van der Waals surface area contributed by atoms with Crippen molar-refractivity contribution in [3.63, 3.8) is 0 Å². The Kier molecular flexibility index (Phi) is 7.18. The van der Waals surface area contributed by atoms with E-state index in [9.17, 15) is 18.0 Å². The molecule has 0 radical (unpaired) electrons. The number of carbonyl (C=O) groups is 1. The number of rotatable bonds is 7. The molecule has 1 aliphatic rings. The molecule has 1 aromatic carbocycles. The van der Waals surface area contributed by atoms with E-state index < -0.39 is 12.7 Å². The third-order valence-electron chi connectivity index (χ3n) is 4.61. The van der Waals surface area contributed by atoms with Crippen molar-refractivity contribution in [1.82, 2.24) is 10.2 Å². The fourth-order valence-corrected chi connectivity index (χ4v) is 3.21. The second-order valence-electron chi connectivity index (χ2n) is 6.43. The average molecular weight is 390 g/mol. The molecule has 1 fully saturated rings. The van der Waals surface area contributed by atoms with E-state index in [1.165, 1.54) is 26.2 Å². The van der Waals surface area contributed by atoms with Gasteiger partial charge in [-0.05, 0) is 44.0 Å². The highest BCUT2D eigenvalue weighted by Gasteiger charge is 2.32. The number of benzene rings is 1. The van der Waals surface area contributed by atoms with Crippen LogP contribution >= 0.6 is 0 Å². The van der Waals surface area contributed by atoms with Crippen molar-refractivity contribution >= 4 is 5.91 Å². The molecule has 0 atom stereocenters. The van der Waals surface area contributed by atoms with Crippen molar-refractivity contribution in [2.24, 2.45) is 5.92 Å². The number of nitrogens with one attached hydrogen (secondary N) is 1. The molecule has 0 aliphatic carbocycles. The highest BCUT2D eigenvalue weighted by Crippen LogP contribution is 2.39. The molecule has 0 saturated carbocycles. The number of methoxy groups -OCH3 is 3. The van der Waals surface area contributed by atoms with E-state index in [1.54, 1.807) is 12.1 Å². The van der Waals surface area contributed by atoms with E-state index >= 15 is 0 Å². The number of hydrogen-bond donors (Lipinski definition) is 1. The molecule has 9 heteroatoms. The number of likely N-dealkylation sites (tertiary alicyclic amines) is 1. The van der Waals surface area contributed by atoms with Crippen molar-refractivity contribution in [2.45, 2.75) is 19.0 Å². The van der Waals surface area contributed by atoms with Gasteiger partial charge in [0.05, 0.1) is 33.4 Å². The topological polar surface area (TPSA) is 60.0 Å². The van der Waals surface area contributed by atoms with Gasteiger partial charge in [0.1, 0.15) is 0 Å². The summed E-state index contributed by atoms with van der Waals surface area (Å²) in [5, 5.41) is 2.84. The Bertz CT molecular complexity index is 644. The largest absolute Gasteiger partial charge is 0.493 e. The minimum absolute atomic E-state index is 0.143. The van der Waals surface area contributed by atoms with Gasteiger partial charge in [0.15, 0.2) is 11.5 Å². The van der Waals surface area contributed by atoms with Crippen molar-refractivity contribution in [3.8, 4) is 17.2 Å². The van der Waals surface area contributed by atoms with Gasteiger partial charge in [-0.3, -0.25) is 9.69 Å². The van der Waals surface area contributed by atoms with Crippen LogP contribution in [0.25, 0.3) is 0 Å². The lowest BCUT2D eigenvalue weighted by atomic mass is 9.96. The zero-order valence-corrected chi connectivity index (χ0v) is 15.7. The average Bonchev–Trinajstić information content (AvgIpc) is 2.64. The first-order chi connectivity index (χ1) is 12.8. The van der Waals surface area contributed by atoms with Crippen LogP contribution in [0.1, 0.15) is 23.2 Å². The van der Waals surface area contributed by atoms with Crippen LogP contribution < -0.4 is 19.5 Å². The van der Waals surface area contributed by atoms with Crippen molar-refractivity contribution in [1.29, 1.82) is 0 Å². The minimum atomic E-state index is -4.18. The van der Waals surface area contributed by atoms with Crippen molar-refractivity contribution < 1.29 is 32.2 Å². The van der Waals surface area contributed by atoms with Gasteiger partial charge in [0, 0.05) is 6.54 Å². The number of piperidine rings is 1. The number of nitrogens with zero attached hydrogens (tertiary/aromatic N) is 1. The Morgan fingerprint density at radius 3 is 2.26 bits per heavy atom. The molecular weight excluding hydrogens is 365 g/mol. The van der Waals surface area contributed by atoms with Crippen LogP contribution in [0.15, 0.2) is 12.1 Å². The van der Waals surface area contributed by atoms with Crippen molar-refractivity contribution in [2.75, 3.05) is 47.5 Å². The van der Waals surface area contributed by atoms with Gasteiger partial charge in [0.25, 0.3) is 5.91 Å². The van der Waals surface area contributed by atoms with Gasteiger partial charge in [0.2, 0.25) is 5.75 Å². The molecule has 1 aromatic rings. The third kappa shape index (κ3) is 5.66. The van der Waals surface area contributed by atoms with E-state index in [-0.39, 0.29) is 17.6 Å². The summed E-state index contributed by atoms with van der Waals surface area (Å²) in [5.41, 5.74) is 0.310. The van der Waals surface area contributed by atoms with Crippen LogP contribution in [-0.2, 0) is 0 Å².